The number of imidazole rings is 1. The van der Waals surface area contributed by atoms with E-state index in [1.165, 1.54) is 18.5 Å². The number of hydrogen-bond donors (Lipinski definition) is 1. The van der Waals surface area contributed by atoms with Crippen LogP contribution in [0, 0.1) is 0 Å². The Balaban J connectivity index is 1.51. The molecule has 2 aromatic rings. The van der Waals surface area contributed by atoms with Gasteiger partial charge in [-0.15, -0.1) is 0 Å². The summed E-state index contributed by atoms with van der Waals surface area (Å²) >= 11 is 0. The quantitative estimate of drug-likeness (QED) is 0.923. The Morgan fingerprint density at radius 2 is 2.00 bits per heavy atom. The normalized spacial score (nSPS) is 21.6. The van der Waals surface area contributed by atoms with Crippen molar-refractivity contribution in [3.8, 4) is 11.4 Å². The van der Waals surface area contributed by atoms with Gasteiger partial charge in [-0.05, 0) is 49.9 Å². The molecule has 0 bridgehead atoms. The minimum absolute atomic E-state index is 0.106. The average molecular weight is 345 g/mol. The number of aryl methyl sites for hydroxylation is 1. The second-order valence-corrected chi connectivity index (χ2v) is 8.70. The molecule has 126 valence electrons. The summed E-state index contributed by atoms with van der Waals surface area (Å²) in [5, 5.41) is 1.80. The van der Waals surface area contributed by atoms with Crippen LogP contribution >= 0.6 is 0 Å². The fourth-order valence-corrected chi connectivity index (χ4v) is 4.56. The molecule has 1 unspecified atom stereocenters. The third-order valence-electron chi connectivity index (χ3n) is 4.80. The lowest BCUT2D eigenvalue weighted by atomic mass is 10.1. The van der Waals surface area contributed by atoms with Crippen LogP contribution in [0.1, 0.15) is 25.0 Å². The zero-order valence-corrected chi connectivity index (χ0v) is 14.1. The van der Waals surface area contributed by atoms with Crippen molar-refractivity contribution >= 4 is 21.4 Å². The van der Waals surface area contributed by atoms with Crippen molar-refractivity contribution in [1.29, 1.82) is 0 Å². The van der Waals surface area contributed by atoms with Crippen LogP contribution in [-0.4, -0.2) is 34.9 Å². The Labute approximate surface area is 140 Å². The Kier molecular flexibility index (Phi) is 3.68. The number of aromatic nitrogens is 2. The van der Waals surface area contributed by atoms with E-state index in [1.54, 1.807) is 12.1 Å². The number of sulfone groups is 1. The molecular weight excluding hydrogens is 326 g/mol. The van der Waals surface area contributed by atoms with Crippen LogP contribution in [0.5, 0.6) is 0 Å². The van der Waals surface area contributed by atoms with Crippen molar-refractivity contribution in [2.45, 2.75) is 37.5 Å². The summed E-state index contributed by atoms with van der Waals surface area (Å²) in [6.07, 6.45) is 5.79. The molecule has 3 heterocycles. The van der Waals surface area contributed by atoms with E-state index in [2.05, 4.69) is 14.9 Å². The van der Waals surface area contributed by atoms with Crippen LogP contribution < -0.4 is 5.32 Å². The van der Waals surface area contributed by atoms with Gasteiger partial charge in [-0.1, -0.05) is 0 Å². The molecule has 1 aromatic carbocycles. The third kappa shape index (κ3) is 2.62. The number of hydrogen-bond acceptors (Lipinski definition) is 4. The molecule has 6 nitrogen and oxygen atoms in total. The van der Waals surface area contributed by atoms with Gasteiger partial charge in [-0.25, -0.2) is 13.4 Å². The van der Waals surface area contributed by atoms with Gasteiger partial charge in [0.2, 0.25) is 5.91 Å². The lowest BCUT2D eigenvalue weighted by molar-refractivity contribution is -0.116. The van der Waals surface area contributed by atoms with Gasteiger partial charge in [-0.3, -0.25) is 4.79 Å². The number of carbonyl (C=O) groups excluding carboxylic acids is 1. The number of fused-ring (bicyclic) bond motifs is 1. The Morgan fingerprint density at radius 3 is 2.67 bits per heavy atom. The van der Waals surface area contributed by atoms with Crippen molar-refractivity contribution in [2.75, 3.05) is 11.1 Å². The first-order valence-corrected chi connectivity index (χ1v) is 9.93. The smallest absolute Gasteiger partial charge is 0.242 e. The van der Waals surface area contributed by atoms with Crippen molar-refractivity contribution in [3.63, 3.8) is 0 Å². The predicted octanol–water partition coefficient (Wildman–Crippen LogP) is 2.01. The minimum atomic E-state index is -3.22. The molecule has 1 N–H and O–H groups in total. The first kappa shape index (κ1) is 15.4. The van der Waals surface area contributed by atoms with Crippen molar-refractivity contribution in [3.05, 3.63) is 36.2 Å². The molecule has 0 aliphatic carbocycles. The van der Waals surface area contributed by atoms with Crippen LogP contribution in [0.3, 0.4) is 0 Å². The lowest BCUT2D eigenvalue weighted by Crippen LogP contribution is -2.45. The molecular formula is C17H19N3O3S. The monoisotopic (exact) mass is 345 g/mol. The van der Waals surface area contributed by atoms with Crippen LogP contribution in [0.4, 0.5) is 5.69 Å². The van der Waals surface area contributed by atoms with Crippen LogP contribution in [0.15, 0.2) is 30.5 Å². The molecule has 0 spiro atoms. The highest BCUT2D eigenvalue weighted by Gasteiger charge is 2.41. The summed E-state index contributed by atoms with van der Waals surface area (Å²) in [7, 11) is -3.22. The van der Waals surface area contributed by atoms with Crippen LogP contribution in [0.25, 0.3) is 11.4 Å². The number of amides is 1. The molecule has 7 heteroatoms. The van der Waals surface area contributed by atoms with Gasteiger partial charge in [0.05, 0.1) is 5.75 Å². The number of nitrogens with one attached hydrogen (secondary N) is 1. The Hall–Kier alpha value is -2.15. The maximum Gasteiger partial charge on any atom is 0.242 e. The molecule has 1 saturated heterocycles. The van der Waals surface area contributed by atoms with Crippen molar-refractivity contribution in [2.24, 2.45) is 0 Å². The van der Waals surface area contributed by atoms with E-state index in [0.29, 0.717) is 12.1 Å². The lowest BCUT2D eigenvalue weighted by Gasteiger charge is -2.24. The maximum absolute atomic E-state index is 12.0. The number of nitrogens with zero attached hydrogens (tertiary/aromatic N) is 2. The summed E-state index contributed by atoms with van der Waals surface area (Å²) in [5.74, 6) is 0.617. The highest BCUT2D eigenvalue weighted by atomic mass is 32.2. The van der Waals surface area contributed by atoms with E-state index in [0.717, 1.165) is 24.4 Å². The van der Waals surface area contributed by atoms with Gasteiger partial charge in [0.1, 0.15) is 11.1 Å². The van der Waals surface area contributed by atoms with Gasteiger partial charge in [-0.2, -0.15) is 0 Å². The van der Waals surface area contributed by atoms with Crippen molar-refractivity contribution in [1.82, 2.24) is 9.55 Å². The van der Waals surface area contributed by atoms with E-state index < -0.39 is 21.0 Å². The second-order valence-electron chi connectivity index (χ2n) is 6.39. The van der Waals surface area contributed by atoms with E-state index in [4.69, 9.17) is 0 Å². The summed E-state index contributed by atoms with van der Waals surface area (Å²) in [6.45, 7) is 0.989. The van der Waals surface area contributed by atoms with E-state index >= 15 is 0 Å². The zero-order valence-electron chi connectivity index (χ0n) is 13.2. The number of rotatable bonds is 3. The number of benzene rings is 1. The van der Waals surface area contributed by atoms with Gasteiger partial charge >= 0.3 is 0 Å². The highest BCUT2D eigenvalue weighted by Crippen LogP contribution is 2.26. The minimum Gasteiger partial charge on any atom is -0.328 e. The molecule has 2 aliphatic heterocycles. The molecule has 1 amide bonds. The van der Waals surface area contributed by atoms with Crippen molar-refractivity contribution < 1.29 is 13.2 Å². The van der Waals surface area contributed by atoms with Gasteiger partial charge < -0.3 is 9.88 Å². The highest BCUT2D eigenvalue weighted by molar-refractivity contribution is 7.94. The summed E-state index contributed by atoms with van der Waals surface area (Å²) in [6, 6.07) is 7.41. The third-order valence-corrected chi connectivity index (χ3v) is 6.93. The number of anilines is 1. The van der Waals surface area contributed by atoms with Gasteiger partial charge in [0.25, 0.3) is 0 Å². The zero-order chi connectivity index (χ0) is 16.7. The molecule has 0 saturated carbocycles. The van der Waals surface area contributed by atoms with Crippen LogP contribution in [0.2, 0.25) is 0 Å². The van der Waals surface area contributed by atoms with Gasteiger partial charge in [0, 0.05) is 29.7 Å². The SMILES string of the molecule is O=C(Nc1ccc(-c2ncc3n2CCCC3)cc1)C1CCS1(=O)=O. The molecule has 4 rings (SSSR count). The standard InChI is InChI=1S/C17H19N3O3S/c21-17(15-8-10-24(15,22)23)19-13-6-4-12(5-7-13)16-18-11-14-3-1-2-9-20(14)16/h4-7,11,15H,1-3,8-10H2,(H,19,21). The fraction of sp³-hybridized carbons (Fsp3) is 0.412. The molecule has 1 atom stereocenters. The second kappa shape index (κ2) is 5.73. The number of carbonyl (C=O) groups is 1. The van der Waals surface area contributed by atoms with E-state index in [1.807, 2.05) is 18.3 Å². The average Bonchev–Trinajstić information content (AvgIpc) is 2.99. The van der Waals surface area contributed by atoms with E-state index in [-0.39, 0.29) is 5.75 Å². The largest absolute Gasteiger partial charge is 0.328 e. The summed E-state index contributed by atoms with van der Waals surface area (Å²) in [4.78, 5) is 16.5. The molecule has 0 radical (unpaired) electrons. The molecule has 1 aromatic heterocycles. The molecule has 2 aliphatic rings. The molecule has 24 heavy (non-hydrogen) atoms. The Bertz CT molecular complexity index is 884. The fourth-order valence-electron chi connectivity index (χ4n) is 3.31. The maximum atomic E-state index is 12.0. The first-order valence-electron chi connectivity index (χ1n) is 8.22. The van der Waals surface area contributed by atoms with Crippen LogP contribution in [-0.2, 0) is 27.6 Å². The Morgan fingerprint density at radius 1 is 1.21 bits per heavy atom. The summed E-state index contributed by atoms with van der Waals surface area (Å²) in [5.41, 5.74) is 2.87. The molecule has 1 fully saturated rings. The van der Waals surface area contributed by atoms with E-state index in [9.17, 15) is 13.2 Å². The summed E-state index contributed by atoms with van der Waals surface area (Å²) < 4.78 is 25.3. The topological polar surface area (TPSA) is 81.1 Å². The van der Waals surface area contributed by atoms with Gasteiger partial charge in [0.15, 0.2) is 9.84 Å². The first-order chi connectivity index (χ1) is 11.5. The predicted molar refractivity (Wildman–Crippen MR) is 91.4 cm³/mol.